The summed E-state index contributed by atoms with van der Waals surface area (Å²) in [5.74, 6) is -0.0450. The molecule has 0 spiro atoms. The summed E-state index contributed by atoms with van der Waals surface area (Å²) in [7, 11) is 0. The third kappa shape index (κ3) is 2.96. The van der Waals surface area contributed by atoms with E-state index < -0.39 is 0 Å². The highest BCUT2D eigenvalue weighted by Crippen LogP contribution is 2.25. The normalized spacial score (nSPS) is 12.8. The molecule has 0 atom stereocenters. The summed E-state index contributed by atoms with van der Waals surface area (Å²) in [4.78, 5) is 31.7. The van der Waals surface area contributed by atoms with Crippen LogP contribution >= 0.6 is 31.9 Å². The van der Waals surface area contributed by atoms with Gasteiger partial charge in [0, 0.05) is 11.3 Å². The number of carbonyl (C=O) groups is 2. The minimum atomic E-state index is -0.311. The van der Waals surface area contributed by atoms with E-state index in [1.807, 2.05) is 0 Å². The highest BCUT2D eigenvalue weighted by atomic mass is 79.9. The van der Waals surface area contributed by atoms with Crippen molar-refractivity contribution in [1.29, 1.82) is 0 Å². The van der Waals surface area contributed by atoms with Crippen LogP contribution in [0.25, 0.3) is 0 Å². The summed E-state index contributed by atoms with van der Waals surface area (Å²) in [6, 6.07) is 5.07. The molecule has 0 fully saturated rings. The summed E-state index contributed by atoms with van der Waals surface area (Å²) >= 11 is 6.42. The second kappa shape index (κ2) is 5.53. The van der Waals surface area contributed by atoms with E-state index in [0.29, 0.717) is 20.6 Å². The molecule has 1 aliphatic rings. The van der Waals surface area contributed by atoms with Gasteiger partial charge in [0.25, 0.3) is 5.91 Å². The summed E-state index contributed by atoms with van der Waals surface area (Å²) in [6.07, 6.45) is 1.78. The standard InChI is InChI=1S/C13H8Br2N4O2/c14-9-5-16-12(11(15)18-9)19-13(21)6-1-2-8-7(3-6)4-10(20)17-8/h1-3,5H,4H2,(H,17,20)(H,16,19,21). The molecular formula is C13H8Br2N4O2. The molecule has 1 aromatic carbocycles. The van der Waals surface area contributed by atoms with Gasteiger partial charge in [-0.3, -0.25) is 9.59 Å². The van der Waals surface area contributed by atoms with E-state index in [-0.39, 0.29) is 18.2 Å². The Morgan fingerprint density at radius 1 is 1.33 bits per heavy atom. The van der Waals surface area contributed by atoms with Gasteiger partial charge in [0.2, 0.25) is 5.91 Å². The first-order valence-corrected chi connectivity index (χ1v) is 7.54. The van der Waals surface area contributed by atoms with Crippen molar-refractivity contribution in [3.63, 3.8) is 0 Å². The third-order valence-electron chi connectivity index (χ3n) is 2.93. The molecule has 1 aromatic heterocycles. The number of carbonyl (C=O) groups excluding carboxylic acids is 2. The van der Waals surface area contributed by atoms with Gasteiger partial charge in [0.15, 0.2) is 5.82 Å². The molecule has 0 unspecified atom stereocenters. The molecule has 0 bridgehead atoms. The maximum atomic E-state index is 12.2. The fraction of sp³-hybridized carbons (Fsp3) is 0.0769. The van der Waals surface area contributed by atoms with Crippen LogP contribution < -0.4 is 10.6 Å². The van der Waals surface area contributed by atoms with Crippen molar-refractivity contribution in [2.75, 3.05) is 10.6 Å². The molecule has 2 amide bonds. The van der Waals surface area contributed by atoms with Crippen molar-refractivity contribution in [2.24, 2.45) is 0 Å². The highest BCUT2D eigenvalue weighted by molar-refractivity contribution is 9.11. The van der Waals surface area contributed by atoms with Gasteiger partial charge in [-0.1, -0.05) is 0 Å². The smallest absolute Gasteiger partial charge is 0.256 e. The second-order valence-electron chi connectivity index (χ2n) is 4.38. The Kier molecular flexibility index (Phi) is 3.73. The van der Waals surface area contributed by atoms with Crippen LogP contribution in [0.1, 0.15) is 15.9 Å². The van der Waals surface area contributed by atoms with Crippen molar-refractivity contribution in [1.82, 2.24) is 9.97 Å². The lowest BCUT2D eigenvalue weighted by Gasteiger charge is -2.07. The van der Waals surface area contributed by atoms with E-state index in [4.69, 9.17) is 0 Å². The van der Waals surface area contributed by atoms with E-state index in [2.05, 4.69) is 52.5 Å². The Bertz CT molecular complexity index is 764. The van der Waals surface area contributed by atoms with E-state index in [0.717, 1.165) is 11.3 Å². The fourth-order valence-electron chi connectivity index (χ4n) is 1.98. The van der Waals surface area contributed by atoms with Crippen LogP contribution in [-0.2, 0) is 11.2 Å². The zero-order chi connectivity index (χ0) is 15.0. The molecule has 1 aliphatic heterocycles. The summed E-state index contributed by atoms with van der Waals surface area (Å²) < 4.78 is 0.998. The Labute approximate surface area is 136 Å². The molecule has 2 aromatic rings. The predicted molar refractivity (Wildman–Crippen MR) is 84.2 cm³/mol. The molecule has 2 heterocycles. The van der Waals surface area contributed by atoms with Gasteiger partial charge in [-0.25, -0.2) is 9.97 Å². The van der Waals surface area contributed by atoms with E-state index in [9.17, 15) is 9.59 Å². The van der Waals surface area contributed by atoms with Crippen LogP contribution in [0.5, 0.6) is 0 Å². The number of nitrogens with zero attached hydrogens (tertiary/aromatic N) is 2. The zero-order valence-electron chi connectivity index (χ0n) is 10.5. The Morgan fingerprint density at radius 2 is 2.14 bits per heavy atom. The third-order valence-corrected chi connectivity index (χ3v) is 3.86. The van der Waals surface area contributed by atoms with E-state index >= 15 is 0 Å². The number of amides is 2. The number of fused-ring (bicyclic) bond motifs is 1. The maximum absolute atomic E-state index is 12.2. The van der Waals surface area contributed by atoms with Gasteiger partial charge >= 0.3 is 0 Å². The van der Waals surface area contributed by atoms with Crippen LogP contribution in [-0.4, -0.2) is 21.8 Å². The maximum Gasteiger partial charge on any atom is 0.256 e. The lowest BCUT2D eigenvalue weighted by Crippen LogP contribution is -2.14. The average Bonchev–Trinajstić information content (AvgIpc) is 2.80. The highest BCUT2D eigenvalue weighted by Gasteiger charge is 2.19. The average molecular weight is 412 g/mol. The molecule has 0 saturated carbocycles. The summed E-state index contributed by atoms with van der Waals surface area (Å²) in [5.41, 5.74) is 2.02. The largest absolute Gasteiger partial charge is 0.326 e. The fourth-order valence-corrected chi connectivity index (χ4v) is 2.89. The monoisotopic (exact) mass is 410 g/mol. The first-order valence-electron chi connectivity index (χ1n) is 5.95. The quantitative estimate of drug-likeness (QED) is 0.795. The van der Waals surface area contributed by atoms with Crippen molar-refractivity contribution >= 4 is 55.2 Å². The Hall–Kier alpha value is -1.80. The number of rotatable bonds is 2. The molecule has 21 heavy (non-hydrogen) atoms. The topological polar surface area (TPSA) is 84.0 Å². The van der Waals surface area contributed by atoms with Crippen LogP contribution in [0, 0.1) is 0 Å². The van der Waals surface area contributed by atoms with Crippen LogP contribution in [0.3, 0.4) is 0 Å². The van der Waals surface area contributed by atoms with Crippen LogP contribution in [0.15, 0.2) is 33.6 Å². The first-order chi connectivity index (χ1) is 10.0. The van der Waals surface area contributed by atoms with Crippen molar-refractivity contribution in [2.45, 2.75) is 6.42 Å². The molecule has 6 nitrogen and oxygen atoms in total. The van der Waals surface area contributed by atoms with Crippen molar-refractivity contribution < 1.29 is 9.59 Å². The van der Waals surface area contributed by atoms with Gasteiger partial charge < -0.3 is 10.6 Å². The molecule has 106 valence electrons. The molecule has 0 saturated heterocycles. The molecule has 0 radical (unpaired) electrons. The Morgan fingerprint density at radius 3 is 2.90 bits per heavy atom. The van der Waals surface area contributed by atoms with Crippen LogP contribution in [0.2, 0.25) is 0 Å². The predicted octanol–water partition coefficient (Wildman–Crippen LogP) is 2.75. The van der Waals surface area contributed by atoms with Gasteiger partial charge in [-0.2, -0.15) is 0 Å². The number of nitrogens with one attached hydrogen (secondary N) is 2. The van der Waals surface area contributed by atoms with Crippen LogP contribution in [0.4, 0.5) is 11.5 Å². The van der Waals surface area contributed by atoms with Gasteiger partial charge in [-0.05, 0) is 55.6 Å². The number of aromatic nitrogens is 2. The molecule has 0 aliphatic carbocycles. The minimum Gasteiger partial charge on any atom is -0.326 e. The number of hydrogen-bond donors (Lipinski definition) is 2. The van der Waals surface area contributed by atoms with Crippen molar-refractivity contribution in [3.05, 3.63) is 44.7 Å². The van der Waals surface area contributed by atoms with Gasteiger partial charge in [0.1, 0.15) is 9.21 Å². The SMILES string of the molecule is O=C1Cc2cc(C(=O)Nc3ncc(Br)nc3Br)ccc2N1. The number of hydrogen-bond acceptors (Lipinski definition) is 4. The van der Waals surface area contributed by atoms with Crippen molar-refractivity contribution in [3.8, 4) is 0 Å². The second-order valence-corrected chi connectivity index (χ2v) is 5.95. The lowest BCUT2D eigenvalue weighted by atomic mass is 10.1. The van der Waals surface area contributed by atoms with Gasteiger partial charge in [-0.15, -0.1) is 0 Å². The molecule has 2 N–H and O–H groups in total. The zero-order valence-corrected chi connectivity index (χ0v) is 13.7. The van der Waals surface area contributed by atoms with Gasteiger partial charge in [0.05, 0.1) is 12.6 Å². The molecule has 3 rings (SSSR count). The number of benzene rings is 1. The molecule has 8 heteroatoms. The lowest BCUT2D eigenvalue weighted by molar-refractivity contribution is -0.115. The summed E-state index contributed by atoms with van der Waals surface area (Å²) in [5, 5.41) is 5.39. The molecular weight excluding hydrogens is 404 g/mol. The van der Waals surface area contributed by atoms with E-state index in [1.165, 1.54) is 6.20 Å². The summed E-state index contributed by atoms with van der Waals surface area (Å²) in [6.45, 7) is 0. The number of halogens is 2. The number of anilines is 2. The first kappa shape index (κ1) is 14.2. The minimum absolute atomic E-state index is 0.0657. The Balaban J connectivity index is 1.83. The van der Waals surface area contributed by atoms with E-state index in [1.54, 1.807) is 18.2 Å².